The largest absolute Gasteiger partial charge is 0.350 e. The van der Waals surface area contributed by atoms with Crippen molar-refractivity contribution in [2.45, 2.75) is 25.4 Å². The van der Waals surface area contributed by atoms with Crippen LogP contribution < -0.4 is 16.0 Å². The average molecular weight is 376 g/mol. The summed E-state index contributed by atoms with van der Waals surface area (Å²) in [5.41, 5.74) is 2.03. The maximum Gasteiger partial charge on any atom is 0.243 e. The van der Waals surface area contributed by atoms with E-state index in [0.29, 0.717) is 25.9 Å². The van der Waals surface area contributed by atoms with Crippen LogP contribution in [0.2, 0.25) is 0 Å². The molecular weight excluding hydrogens is 350 g/mol. The number of amides is 2. The van der Waals surface area contributed by atoms with Gasteiger partial charge in [0.2, 0.25) is 11.8 Å². The quantitative estimate of drug-likeness (QED) is 0.628. The Bertz CT molecular complexity index is 665. The fraction of sp³-hybridized carbons (Fsp3) is 0.300. The van der Waals surface area contributed by atoms with Crippen molar-refractivity contribution in [3.05, 3.63) is 71.8 Å². The highest BCUT2D eigenvalue weighted by molar-refractivity contribution is 5.87. The van der Waals surface area contributed by atoms with Gasteiger partial charge in [-0.15, -0.1) is 12.4 Å². The van der Waals surface area contributed by atoms with E-state index in [0.717, 1.165) is 11.1 Å². The molecule has 0 bridgehead atoms. The van der Waals surface area contributed by atoms with Gasteiger partial charge >= 0.3 is 0 Å². The Morgan fingerprint density at radius 3 is 2.08 bits per heavy atom. The van der Waals surface area contributed by atoms with Gasteiger partial charge in [-0.1, -0.05) is 60.7 Å². The van der Waals surface area contributed by atoms with Gasteiger partial charge in [-0.25, -0.2) is 0 Å². The second kappa shape index (κ2) is 12.1. The maximum absolute atomic E-state index is 12.6. The summed E-state index contributed by atoms with van der Waals surface area (Å²) < 4.78 is 0. The zero-order chi connectivity index (χ0) is 17.9. The standard InChI is InChI=1S/C20H25N3O2.ClH/c1-21-13-12-19(24)23-18(14-16-8-4-2-5-9-16)20(25)22-15-17-10-6-3-7-11-17;/h2-11,18,21H,12-15H2,1H3,(H,22,25)(H,23,24);1H. The molecule has 2 amide bonds. The predicted molar refractivity (Wildman–Crippen MR) is 106 cm³/mol. The number of hydrogen-bond acceptors (Lipinski definition) is 3. The molecule has 0 aliphatic carbocycles. The lowest BCUT2D eigenvalue weighted by molar-refractivity contribution is -0.129. The first-order valence-corrected chi connectivity index (χ1v) is 8.48. The lowest BCUT2D eigenvalue weighted by Crippen LogP contribution is -2.48. The minimum Gasteiger partial charge on any atom is -0.350 e. The van der Waals surface area contributed by atoms with Crippen LogP contribution in [-0.2, 0) is 22.6 Å². The van der Waals surface area contributed by atoms with Gasteiger partial charge in [-0.2, -0.15) is 0 Å². The highest BCUT2D eigenvalue weighted by Gasteiger charge is 2.20. The van der Waals surface area contributed by atoms with E-state index in [1.54, 1.807) is 7.05 Å². The Hall–Kier alpha value is -2.37. The maximum atomic E-state index is 12.6. The number of nitrogens with one attached hydrogen (secondary N) is 3. The topological polar surface area (TPSA) is 70.2 Å². The minimum atomic E-state index is -0.588. The van der Waals surface area contributed by atoms with Crippen molar-refractivity contribution in [1.82, 2.24) is 16.0 Å². The van der Waals surface area contributed by atoms with Crippen LogP contribution in [0.5, 0.6) is 0 Å². The first-order chi connectivity index (χ1) is 12.2. The highest BCUT2D eigenvalue weighted by Crippen LogP contribution is 2.05. The molecule has 0 aromatic heterocycles. The van der Waals surface area contributed by atoms with E-state index in [9.17, 15) is 9.59 Å². The molecule has 1 unspecified atom stereocenters. The average Bonchev–Trinajstić information content (AvgIpc) is 2.65. The van der Waals surface area contributed by atoms with Crippen LogP contribution in [-0.4, -0.2) is 31.4 Å². The van der Waals surface area contributed by atoms with Crippen LogP contribution in [0.25, 0.3) is 0 Å². The second-order valence-electron chi connectivity index (χ2n) is 5.87. The van der Waals surface area contributed by atoms with Crippen LogP contribution in [0.4, 0.5) is 0 Å². The third kappa shape index (κ3) is 7.68. The molecule has 26 heavy (non-hydrogen) atoms. The summed E-state index contributed by atoms with van der Waals surface area (Å²) in [6, 6.07) is 18.8. The number of halogens is 1. The van der Waals surface area contributed by atoms with Crippen molar-refractivity contribution < 1.29 is 9.59 Å². The van der Waals surface area contributed by atoms with Crippen molar-refractivity contribution in [3.8, 4) is 0 Å². The van der Waals surface area contributed by atoms with Crippen LogP contribution in [0.1, 0.15) is 17.5 Å². The second-order valence-corrected chi connectivity index (χ2v) is 5.87. The Labute approximate surface area is 161 Å². The molecule has 1 atom stereocenters. The summed E-state index contributed by atoms with van der Waals surface area (Å²) in [5.74, 6) is -0.310. The van der Waals surface area contributed by atoms with Gasteiger partial charge in [-0.3, -0.25) is 9.59 Å². The third-order valence-corrected chi connectivity index (χ3v) is 3.85. The number of hydrogen-bond donors (Lipinski definition) is 3. The fourth-order valence-corrected chi connectivity index (χ4v) is 2.47. The molecule has 3 N–H and O–H groups in total. The van der Waals surface area contributed by atoms with Gasteiger partial charge in [0.15, 0.2) is 0 Å². The molecule has 2 rings (SSSR count). The van der Waals surface area contributed by atoms with Gasteiger partial charge in [-0.05, 0) is 18.2 Å². The summed E-state index contributed by atoms with van der Waals surface area (Å²) in [5, 5.41) is 8.69. The van der Waals surface area contributed by atoms with Gasteiger partial charge < -0.3 is 16.0 Å². The number of benzene rings is 2. The van der Waals surface area contributed by atoms with Crippen molar-refractivity contribution in [3.63, 3.8) is 0 Å². The van der Waals surface area contributed by atoms with Gasteiger partial charge in [0, 0.05) is 25.9 Å². The normalized spacial score (nSPS) is 11.1. The molecule has 6 heteroatoms. The van der Waals surface area contributed by atoms with Crippen molar-refractivity contribution in [2.24, 2.45) is 0 Å². The Balaban J connectivity index is 0.00000338. The SMILES string of the molecule is CNCCC(=O)NC(Cc1ccccc1)C(=O)NCc1ccccc1.Cl. The first-order valence-electron chi connectivity index (χ1n) is 8.48. The van der Waals surface area contributed by atoms with E-state index < -0.39 is 6.04 Å². The molecule has 0 aliphatic rings. The van der Waals surface area contributed by atoms with Crippen LogP contribution in [0, 0.1) is 0 Å². The van der Waals surface area contributed by atoms with Crippen molar-refractivity contribution >= 4 is 24.2 Å². The molecular formula is C20H26ClN3O2. The van der Waals surface area contributed by atoms with Crippen molar-refractivity contribution in [1.29, 1.82) is 0 Å². The van der Waals surface area contributed by atoms with E-state index in [2.05, 4.69) is 16.0 Å². The monoisotopic (exact) mass is 375 g/mol. The molecule has 0 radical (unpaired) electrons. The van der Waals surface area contributed by atoms with Crippen molar-refractivity contribution in [2.75, 3.05) is 13.6 Å². The lowest BCUT2D eigenvalue weighted by atomic mass is 10.0. The smallest absolute Gasteiger partial charge is 0.243 e. The summed E-state index contributed by atoms with van der Waals surface area (Å²) in [4.78, 5) is 24.6. The van der Waals surface area contributed by atoms with Crippen LogP contribution in [0.15, 0.2) is 60.7 Å². The van der Waals surface area contributed by atoms with Crippen LogP contribution in [0.3, 0.4) is 0 Å². The van der Waals surface area contributed by atoms with E-state index in [1.165, 1.54) is 0 Å². The Morgan fingerprint density at radius 2 is 1.50 bits per heavy atom. The molecule has 2 aromatic carbocycles. The molecule has 2 aromatic rings. The van der Waals surface area contributed by atoms with Gasteiger partial charge in [0.05, 0.1) is 0 Å². The fourth-order valence-electron chi connectivity index (χ4n) is 2.47. The molecule has 0 spiro atoms. The molecule has 0 heterocycles. The molecule has 0 saturated heterocycles. The summed E-state index contributed by atoms with van der Waals surface area (Å²) in [6.45, 7) is 1.02. The molecule has 0 fully saturated rings. The number of carbonyl (C=O) groups is 2. The Morgan fingerprint density at radius 1 is 0.923 bits per heavy atom. The molecule has 0 aliphatic heterocycles. The number of rotatable bonds is 9. The van der Waals surface area contributed by atoms with E-state index in [-0.39, 0.29) is 24.2 Å². The number of carbonyl (C=O) groups excluding carboxylic acids is 2. The molecule has 140 valence electrons. The minimum absolute atomic E-state index is 0. The van der Waals surface area contributed by atoms with E-state index >= 15 is 0 Å². The third-order valence-electron chi connectivity index (χ3n) is 3.85. The predicted octanol–water partition coefficient (Wildman–Crippen LogP) is 2.06. The Kier molecular flexibility index (Phi) is 10.1. The molecule has 0 saturated carbocycles. The lowest BCUT2D eigenvalue weighted by Gasteiger charge is -2.19. The van der Waals surface area contributed by atoms with Crippen LogP contribution >= 0.6 is 12.4 Å². The summed E-state index contributed by atoms with van der Waals surface area (Å²) in [7, 11) is 1.79. The van der Waals surface area contributed by atoms with E-state index in [1.807, 2.05) is 60.7 Å². The summed E-state index contributed by atoms with van der Waals surface area (Å²) >= 11 is 0. The van der Waals surface area contributed by atoms with Gasteiger partial charge in [0.25, 0.3) is 0 Å². The zero-order valence-electron chi connectivity index (χ0n) is 14.9. The van der Waals surface area contributed by atoms with E-state index in [4.69, 9.17) is 0 Å². The van der Waals surface area contributed by atoms with Gasteiger partial charge in [0.1, 0.15) is 6.04 Å². The molecule has 5 nitrogen and oxygen atoms in total. The first kappa shape index (κ1) is 21.7. The summed E-state index contributed by atoms with van der Waals surface area (Å²) in [6.07, 6.45) is 0.806. The zero-order valence-corrected chi connectivity index (χ0v) is 15.7. The highest BCUT2D eigenvalue weighted by atomic mass is 35.5.